The minimum absolute atomic E-state index is 0.593. The van der Waals surface area contributed by atoms with Crippen LogP contribution in [0.15, 0.2) is 18.2 Å². The minimum Gasteiger partial charge on any atom is -0.0599 e. The topological polar surface area (TPSA) is 0 Å². The molecule has 2 aliphatic carbocycles. The lowest BCUT2D eigenvalue weighted by atomic mass is 9.64. The summed E-state index contributed by atoms with van der Waals surface area (Å²) in [6, 6.07) is 7.08. The minimum atomic E-state index is 0.593. The monoisotopic (exact) mass is 228 g/mol. The number of fused-ring (bicyclic) bond motifs is 1. The molecule has 0 radical (unpaired) electrons. The first-order valence-electron chi connectivity index (χ1n) is 7.07. The highest BCUT2D eigenvalue weighted by Crippen LogP contribution is 2.51. The van der Waals surface area contributed by atoms with E-state index < -0.39 is 0 Å². The van der Waals surface area contributed by atoms with Crippen LogP contribution in [0.5, 0.6) is 0 Å². The van der Waals surface area contributed by atoms with Crippen LogP contribution in [-0.2, 0) is 12.8 Å². The van der Waals surface area contributed by atoms with Crippen LogP contribution in [0.25, 0.3) is 0 Å². The predicted molar refractivity (Wildman–Crippen MR) is 73.3 cm³/mol. The summed E-state index contributed by atoms with van der Waals surface area (Å²) in [6.07, 6.45) is 8.40. The maximum atomic E-state index is 2.44. The second-order valence-electron chi connectivity index (χ2n) is 7.29. The first-order valence-corrected chi connectivity index (χ1v) is 7.07. The van der Waals surface area contributed by atoms with Crippen LogP contribution in [0.3, 0.4) is 0 Å². The molecule has 0 N–H and O–H groups in total. The zero-order valence-electron chi connectivity index (χ0n) is 11.5. The van der Waals surface area contributed by atoms with Crippen molar-refractivity contribution < 1.29 is 0 Å². The number of hydrogen-bond acceptors (Lipinski definition) is 0. The summed E-state index contributed by atoms with van der Waals surface area (Å²) < 4.78 is 0. The molecule has 1 aromatic carbocycles. The molecule has 0 heteroatoms. The van der Waals surface area contributed by atoms with E-state index in [2.05, 4.69) is 39.0 Å². The van der Waals surface area contributed by atoms with E-state index in [-0.39, 0.29) is 0 Å². The predicted octanol–water partition coefficient (Wildman–Crippen LogP) is 4.68. The molecule has 0 bridgehead atoms. The van der Waals surface area contributed by atoms with Gasteiger partial charge in [0.2, 0.25) is 0 Å². The Labute approximate surface area is 105 Å². The third kappa shape index (κ3) is 2.03. The molecular formula is C17H24. The Morgan fingerprint density at radius 3 is 2.24 bits per heavy atom. The van der Waals surface area contributed by atoms with Crippen LogP contribution in [0.2, 0.25) is 0 Å². The van der Waals surface area contributed by atoms with Crippen LogP contribution in [-0.4, -0.2) is 0 Å². The molecule has 1 fully saturated rings. The van der Waals surface area contributed by atoms with Crippen molar-refractivity contribution in [3.05, 3.63) is 34.9 Å². The molecule has 0 amide bonds. The highest BCUT2D eigenvalue weighted by molar-refractivity contribution is 5.37. The Morgan fingerprint density at radius 1 is 0.882 bits per heavy atom. The van der Waals surface area contributed by atoms with E-state index in [4.69, 9.17) is 0 Å². The van der Waals surface area contributed by atoms with Crippen LogP contribution < -0.4 is 0 Å². The maximum absolute atomic E-state index is 2.44. The molecule has 0 atom stereocenters. The molecule has 1 saturated carbocycles. The summed E-state index contributed by atoms with van der Waals surface area (Å²) in [6.45, 7) is 7.09. The Morgan fingerprint density at radius 2 is 1.53 bits per heavy atom. The van der Waals surface area contributed by atoms with E-state index in [1.165, 1.54) is 44.1 Å². The van der Waals surface area contributed by atoms with Crippen LogP contribution in [0.4, 0.5) is 0 Å². The van der Waals surface area contributed by atoms with Gasteiger partial charge in [-0.3, -0.25) is 0 Å². The molecule has 0 unspecified atom stereocenters. The maximum Gasteiger partial charge on any atom is -0.0216 e. The van der Waals surface area contributed by atoms with E-state index in [1.54, 1.807) is 11.1 Å². The summed E-state index contributed by atoms with van der Waals surface area (Å²) in [5.41, 5.74) is 5.93. The Hall–Kier alpha value is -0.780. The largest absolute Gasteiger partial charge is 0.0599 e. The molecule has 0 aromatic heterocycles. The van der Waals surface area contributed by atoms with Gasteiger partial charge in [-0.2, -0.15) is 0 Å². The quantitative estimate of drug-likeness (QED) is 0.605. The van der Waals surface area contributed by atoms with Crippen molar-refractivity contribution >= 4 is 0 Å². The van der Waals surface area contributed by atoms with E-state index in [1.807, 2.05) is 0 Å². The highest BCUT2D eigenvalue weighted by atomic mass is 14.5. The van der Waals surface area contributed by atoms with E-state index >= 15 is 0 Å². The molecule has 17 heavy (non-hydrogen) atoms. The van der Waals surface area contributed by atoms with Gasteiger partial charge in [0, 0.05) is 0 Å². The van der Waals surface area contributed by atoms with Gasteiger partial charge in [-0.1, -0.05) is 37.6 Å². The number of aryl methyl sites for hydroxylation is 1. The zero-order chi connectivity index (χ0) is 12.1. The van der Waals surface area contributed by atoms with Gasteiger partial charge in [0.1, 0.15) is 0 Å². The smallest absolute Gasteiger partial charge is 0.0216 e. The Balaban J connectivity index is 1.82. The fourth-order valence-electron chi connectivity index (χ4n) is 3.77. The average Bonchev–Trinajstić information content (AvgIpc) is 2.61. The molecule has 0 heterocycles. The van der Waals surface area contributed by atoms with Crippen LogP contribution in [0, 0.1) is 17.8 Å². The van der Waals surface area contributed by atoms with Gasteiger partial charge >= 0.3 is 0 Å². The van der Waals surface area contributed by atoms with Gasteiger partial charge in [-0.25, -0.2) is 0 Å². The van der Waals surface area contributed by atoms with Crippen molar-refractivity contribution in [2.75, 3.05) is 0 Å². The summed E-state index contributed by atoms with van der Waals surface area (Å²) in [5, 5.41) is 0. The molecule has 92 valence electrons. The van der Waals surface area contributed by atoms with E-state index in [9.17, 15) is 0 Å². The molecule has 2 aliphatic rings. The number of hydrogen-bond donors (Lipinski definition) is 0. The van der Waals surface area contributed by atoms with Gasteiger partial charge in [-0.05, 0) is 67.4 Å². The normalized spacial score (nSPS) is 24.9. The molecule has 3 rings (SSSR count). The van der Waals surface area contributed by atoms with Crippen molar-refractivity contribution in [2.45, 2.75) is 59.3 Å². The van der Waals surface area contributed by atoms with Crippen molar-refractivity contribution in [3.8, 4) is 0 Å². The SMILES string of the molecule is Cc1ccc2c(c1)CC1(CCC(C)(C)CC1)C2. The standard InChI is InChI=1S/C17H24/c1-13-4-5-14-11-17(12-15(14)10-13)8-6-16(2,3)7-9-17/h4-5,10H,6-9,11-12H2,1-3H3. The second kappa shape index (κ2) is 3.60. The van der Waals surface area contributed by atoms with Gasteiger partial charge < -0.3 is 0 Å². The number of rotatable bonds is 0. The second-order valence-corrected chi connectivity index (χ2v) is 7.29. The third-order valence-electron chi connectivity index (χ3n) is 5.16. The van der Waals surface area contributed by atoms with Crippen LogP contribution in [0.1, 0.15) is 56.2 Å². The van der Waals surface area contributed by atoms with Crippen molar-refractivity contribution in [1.29, 1.82) is 0 Å². The van der Waals surface area contributed by atoms with Crippen molar-refractivity contribution in [2.24, 2.45) is 10.8 Å². The third-order valence-corrected chi connectivity index (χ3v) is 5.16. The summed E-state index contributed by atoms with van der Waals surface area (Å²) in [5.74, 6) is 0. The molecular weight excluding hydrogens is 204 g/mol. The molecule has 0 aliphatic heterocycles. The Kier molecular flexibility index (Phi) is 2.40. The first kappa shape index (κ1) is 11.3. The van der Waals surface area contributed by atoms with Gasteiger partial charge in [0.25, 0.3) is 0 Å². The molecule has 1 aromatic rings. The zero-order valence-corrected chi connectivity index (χ0v) is 11.5. The lowest BCUT2D eigenvalue weighted by Crippen LogP contribution is -2.31. The average molecular weight is 228 g/mol. The summed E-state index contributed by atoms with van der Waals surface area (Å²) >= 11 is 0. The van der Waals surface area contributed by atoms with Gasteiger partial charge in [0.15, 0.2) is 0 Å². The van der Waals surface area contributed by atoms with Crippen molar-refractivity contribution in [1.82, 2.24) is 0 Å². The van der Waals surface area contributed by atoms with Gasteiger partial charge in [0.05, 0.1) is 0 Å². The summed E-state index contributed by atoms with van der Waals surface area (Å²) in [4.78, 5) is 0. The fourth-order valence-corrected chi connectivity index (χ4v) is 3.77. The molecule has 0 saturated heterocycles. The first-order chi connectivity index (χ1) is 7.98. The lowest BCUT2D eigenvalue weighted by molar-refractivity contribution is 0.110. The molecule has 1 spiro atoms. The highest BCUT2D eigenvalue weighted by Gasteiger charge is 2.42. The fraction of sp³-hybridized carbons (Fsp3) is 0.647. The molecule has 0 nitrogen and oxygen atoms in total. The van der Waals surface area contributed by atoms with Crippen molar-refractivity contribution in [3.63, 3.8) is 0 Å². The Bertz CT molecular complexity index is 429. The summed E-state index contributed by atoms with van der Waals surface area (Å²) in [7, 11) is 0. The lowest BCUT2D eigenvalue weighted by Gasteiger charge is -2.41. The number of benzene rings is 1. The van der Waals surface area contributed by atoms with E-state index in [0.29, 0.717) is 10.8 Å². The van der Waals surface area contributed by atoms with Gasteiger partial charge in [-0.15, -0.1) is 0 Å². The van der Waals surface area contributed by atoms with Crippen LogP contribution >= 0.6 is 0 Å². The van der Waals surface area contributed by atoms with E-state index in [0.717, 1.165) is 0 Å².